The van der Waals surface area contributed by atoms with E-state index in [0.717, 1.165) is 23.8 Å². The lowest BCUT2D eigenvalue weighted by Crippen LogP contribution is -2.66. The fraction of sp³-hybridized carbons (Fsp3) is 0.357. The number of hydrogen-bond donors (Lipinski definition) is 3. The van der Waals surface area contributed by atoms with Gasteiger partial charge in [0.1, 0.15) is 23.1 Å². The number of nitrogens with zero attached hydrogens (tertiary/aromatic N) is 3. The van der Waals surface area contributed by atoms with Gasteiger partial charge in [0, 0.05) is 73.6 Å². The summed E-state index contributed by atoms with van der Waals surface area (Å²) in [4.78, 5) is 21.3. The first-order valence-electron chi connectivity index (χ1n) is 12.5. The van der Waals surface area contributed by atoms with Crippen LogP contribution in [0.25, 0.3) is 11.1 Å². The third kappa shape index (κ3) is 4.99. The van der Waals surface area contributed by atoms with Crippen LogP contribution in [0.3, 0.4) is 0 Å². The maximum Gasteiger partial charge on any atom is 0.321 e. The number of carbonyl (C=O) groups is 1. The molecular formula is C28H30F3N5O2. The van der Waals surface area contributed by atoms with Gasteiger partial charge in [-0.15, -0.1) is 0 Å². The molecule has 2 saturated heterocycles. The minimum absolute atomic E-state index is 0.0308. The largest absolute Gasteiger partial charge is 0.383 e. The SMILES string of the molecule is CNCc1ccc(-c2ccc([C@]3(O)[C@@H]4CN(C)C[C@H]3CN(C(=O)Nc3cc(F)cc(F)c3)C4)nc2)cc1F. The molecular weight excluding hydrogens is 495 g/mol. The van der Waals surface area contributed by atoms with Crippen molar-refractivity contribution in [2.24, 2.45) is 11.8 Å². The summed E-state index contributed by atoms with van der Waals surface area (Å²) in [6.07, 6.45) is 1.64. The summed E-state index contributed by atoms with van der Waals surface area (Å²) >= 11 is 0. The smallest absolute Gasteiger partial charge is 0.321 e. The number of pyridine rings is 1. The van der Waals surface area contributed by atoms with Crippen LogP contribution in [0.4, 0.5) is 23.7 Å². The molecule has 2 aliphatic rings. The van der Waals surface area contributed by atoms with E-state index in [1.165, 1.54) is 6.07 Å². The highest BCUT2D eigenvalue weighted by atomic mass is 19.1. The second-order valence-corrected chi connectivity index (χ2v) is 10.2. The fourth-order valence-corrected chi connectivity index (χ4v) is 5.71. The number of fused-ring (bicyclic) bond motifs is 2. The number of rotatable bonds is 5. The second kappa shape index (κ2) is 10.4. The van der Waals surface area contributed by atoms with Crippen LogP contribution in [0.1, 0.15) is 11.3 Å². The van der Waals surface area contributed by atoms with Gasteiger partial charge in [0.05, 0.1) is 5.69 Å². The van der Waals surface area contributed by atoms with Crippen LogP contribution < -0.4 is 10.6 Å². The van der Waals surface area contributed by atoms with Gasteiger partial charge < -0.3 is 25.5 Å². The standard InChI is InChI=1S/C28H30F3N5O2/c1-32-11-19-4-3-17(7-25(19)31)18-5-6-26(33-12-18)28(38)20-13-35(2)14-21(28)16-36(15-20)27(37)34-24-9-22(29)8-23(30)10-24/h3-10,12,20-21,32,38H,11,13-16H2,1-2H3,(H,34,37)/t20-,21+,28+. The van der Waals surface area contributed by atoms with Crippen LogP contribution in [0.2, 0.25) is 0 Å². The molecule has 3 N–H and O–H groups in total. The minimum atomic E-state index is -1.27. The van der Waals surface area contributed by atoms with Crippen molar-refractivity contribution in [3.05, 3.63) is 83.4 Å². The van der Waals surface area contributed by atoms with E-state index in [-0.39, 0.29) is 36.4 Å². The Labute approximate surface area is 219 Å². The van der Waals surface area contributed by atoms with Crippen molar-refractivity contribution >= 4 is 11.7 Å². The highest BCUT2D eigenvalue weighted by molar-refractivity contribution is 5.89. The third-order valence-corrected chi connectivity index (χ3v) is 7.52. The highest BCUT2D eigenvalue weighted by Crippen LogP contribution is 2.44. The van der Waals surface area contributed by atoms with Crippen LogP contribution in [0, 0.1) is 29.3 Å². The molecule has 1 aromatic heterocycles. The first-order valence-corrected chi connectivity index (χ1v) is 12.5. The molecule has 200 valence electrons. The van der Waals surface area contributed by atoms with E-state index < -0.39 is 23.3 Å². The van der Waals surface area contributed by atoms with Crippen LogP contribution in [-0.2, 0) is 12.1 Å². The van der Waals surface area contributed by atoms with Crippen molar-refractivity contribution < 1.29 is 23.1 Å². The lowest BCUT2D eigenvalue weighted by Gasteiger charge is -2.54. The quantitative estimate of drug-likeness (QED) is 0.472. The average Bonchev–Trinajstić information content (AvgIpc) is 2.85. The number of likely N-dealkylation sites (tertiary alicyclic amines) is 2. The van der Waals surface area contributed by atoms with Gasteiger partial charge in [-0.05, 0) is 43.9 Å². The van der Waals surface area contributed by atoms with E-state index in [4.69, 9.17) is 0 Å². The maximum absolute atomic E-state index is 14.4. The number of piperidine rings is 2. The number of benzene rings is 2. The van der Waals surface area contributed by atoms with E-state index in [1.807, 2.05) is 19.2 Å². The molecule has 2 aromatic carbocycles. The number of aromatic nitrogens is 1. The molecule has 2 fully saturated rings. The van der Waals surface area contributed by atoms with Crippen molar-refractivity contribution in [1.82, 2.24) is 20.1 Å². The first-order chi connectivity index (χ1) is 18.2. The topological polar surface area (TPSA) is 80.7 Å². The summed E-state index contributed by atoms with van der Waals surface area (Å²) in [5.74, 6) is -2.54. The maximum atomic E-state index is 14.4. The molecule has 5 rings (SSSR count). The van der Waals surface area contributed by atoms with Crippen LogP contribution in [-0.4, -0.2) is 66.2 Å². The summed E-state index contributed by atoms with van der Waals surface area (Å²) < 4.78 is 41.6. The van der Waals surface area contributed by atoms with E-state index in [9.17, 15) is 23.1 Å². The first kappa shape index (κ1) is 26.1. The molecule has 0 radical (unpaired) electrons. The molecule has 0 spiro atoms. The molecule has 2 amide bonds. The Morgan fingerprint density at radius 3 is 2.24 bits per heavy atom. The number of halogens is 3. The monoisotopic (exact) mass is 525 g/mol. The number of carbonyl (C=O) groups excluding carboxylic acids is 1. The summed E-state index contributed by atoms with van der Waals surface area (Å²) in [5.41, 5.74) is 1.26. The third-order valence-electron chi connectivity index (χ3n) is 7.52. The number of anilines is 1. The van der Waals surface area contributed by atoms with Gasteiger partial charge in [-0.3, -0.25) is 4.98 Å². The van der Waals surface area contributed by atoms with E-state index in [2.05, 4.69) is 20.5 Å². The summed E-state index contributed by atoms with van der Waals surface area (Å²) in [5, 5.41) is 17.5. The Morgan fingerprint density at radius 2 is 1.66 bits per heavy atom. The molecule has 0 saturated carbocycles. The molecule has 2 aliphatic heterocycles. The van der Waals surface area contributed by atoms with Gasteiger partial charge in [0.25, 0.3) is 0 Å². The number of hydrogen-bond acceptors (Lipinski definition) is 5. The van der Waals surface area contributed by atoms with Gasteiger partial charge in [-0.1, -0.05) is 18.2 Å². The summed E-state index contributed by atoms with van der Waals surface area (Å²) in [7, 11) is 3.73. The van der Waals surface area contributed by atoms with Crippen molar-refractivity contribution in [2.45, 2.75) is 12.1 Å². The zero-order valence-corrected chi connectivity index (χ0v) is 21.2. The highest BCUT2D eigenvalue weighted by Gasteiger charge is 2.54. The zero-order chi connectivity index (χ0) is 27.0. The van der Waals surface area contributed by atoms with Gasteiger partial charge in [0.2, 0.25) is 0 Å². The number of amides is 2. The fourth-order valence-electron chi connectivity index (χ4n) is 5.71. The van der Waals surface area contributed by atoms with Crippen LogP contribution in [0.15, 0.2) is 54.7 Å². The van der Waals surface area contributed by atoms with Gasteiger partial charge in [0.15, 0.2) is 0 Å². The van der Waals surface area contributed by atoms with Crippen molar-refractivity contribution in [1.29, 1.82) is 0 Å². The molecule has 7 nitrogen and oxygen atoms in total. The predicted octanol–water partition coefficient (Wildman–Crippen LogP) is 3.80. The number of nitrogens with one attached hydrogen (secondary N) is 2. The molecule has 38 heavy (non-hydrogen) atoms. The lowest BCUT2D eigenvalue weighted by atomic mass is 9.68. The Hall–Kier alpha value is -3.47. The Balaban J connectivity index is 1.36. The summed E-state index contributed by atoms with van der Waals surface area (Å²) in [6, 6.07) is 11.0. The molecule has 10 heteroatoms. The molecule has 3 atom stereocenters. The van der Waals surface area contributed by atoms with Crippen LogP contribution in [0.5, 0.6) is 0 Å². The Bertz CT molecular complexity index is 1300. The summed E-state index contributed by atoms with van der Waals surface area (Å²) in [6.45, 7) is 1.98. The van der Waals surface area contributed by atoms with E-state index in [1.54, 1.807) is 30.3 Å². The normalized spacial score (nSPS) is 23.4. The predicted molar refractivity (Wildman–Crippen MR) is 138 cm³/mol. The Kier molecular flexibility index (Phi) is 7.13. The molecule has 2 bridgehead atoms. The minimum Gasteiger partial charge on any atom is -0.383 e. The van der Waals surface area contributed by atoms with Gasteiger partial charge >= 0.3 is 6.03 Å². The van der Waals surface area contributed by atoms with Gasteiger partial charge in [-0.25, -0.2) is 18.0 Å². The van der Waals surface area contributed by atoms with E-state index >= 15 is 0 Å². The number of aliphatic hydroxyl groups is 1. The molecule has 3 heterocycles. The second-order valence-electron chi connectivity index (χ2n) is 10.2. The molecule has 0 aliphatic carbocycles. The lowest BCUT2D eigenvalue weighted by molar-refractivity contribution is -0.155. The van der Waals surface area contributed by atoms with E-state index in [0.29, 0.717) is 36.5 Å². The van der Waals surface area contributed by atoms with Crippen LogP contribution >= 0.6 is 0 Å². The van der Waals surface area contributed by atoms with Crippen molar-refractivity contribution in [3.63, 3.8) is 0 Å². The van der Waals surface area contributed by atoms with Gasteiger partial charge in [-0.2, -0.15) is 0 Å². The molecule has 0 unspecified atom stereocenters. The molecule has 3 aromatic rings. The zero-order valence-electron chi connectivity index (χ0n) is 21.2. The Morgan fingerprint density at radius 1 is 1.00 bits per heavy atom. The van der Waals surface area contributed by atoms with Crippen molar-refractivity contribution in [2.75, 3.05) is 45.6 Å². The van der Waals surface area contributed by atoms with Crippen molar-refractivity contribution in [3.8, 4) is 11.1 Å². The number of urea groups is 1. The average molecular weight is 526 g/mol.